The zero-order valence-electron chi connectivity index (χ0n) is 7.38. The van der Waals surface area contributed by atoms with Gasteiger partial charge in [-0.1, -0.05) is 13.0 Å². The fourth-order valence-electron chi connectivity index (χ4n) is 2.26. The lowest BCUT2D eigenvalue weighted by Gasteiger charge is -2.32. The summed E-state index contributed by atoms with van der Waals surface area (Å²) in [5.41, 5.74) is 0.145. The van der Waals surface area contributed by atoms with Gasteiger partial charge in [-0.2, -0.15) is 0 Å². The molecule has 1 heterocycles. The smallest absolute Gasteiger partial charge is 0.307 e. The molecule has 2 heteroatoms. The molecule has 0 unspecified atom stereocenters. The molecule has 1 aliphatic heterocycles. The van der Waals surface area contributed by atoms with Gasteiger partial charge in [0.05, 0.1) is 6.42 Å². The van der Waals surface area contributed by atoms with E-state index in [9.17, 15) is 4.79 Å². The Hall–Kier alpha value is -0.790. The van der Waals surface area contributed by atoms with Crippen LogP contribution in [0.1, 0.15) is 32.6 Å². The summed E-state index contributed by atoms with van der Waals surface area (Å²) < 4.78 is 5.23. The summed E-state index contributed by atoms with van der Waals surface area (Å²) in [6, 6.07) is 0. The number of hydrogen-bond donors (Lipinski definition) is 0. The van der Waals surface area contributed by atoms with Crippen LogP contribution in [0.3, 0.4) is 0 Å². The Morgan fingerprint density at radius 2 is 2.58 bits per heavy atom. The summed E-state index contributed by atoms with van der Waals surface area (Å²) in [5, 5.41) is 0. The number of fused-ring (bicyclic) bond motifs is 1. The Bertz CT molecular complexity index is 232. The van der Waals surface area contributed by atoms with Gasteiger partial charge in [0.1, 0.15) is 6.10 Å². The Kier molecular flexibility index (Phi) is 1.71. The minimum atomic E-state index is -0.0200. The second-order valence-corrected chi connectivity index (χ2v) is 3.77. The van der Waals surface area contributed by atoms with Crippen LogP contribution >= 0.6 is 0 Å². The molecule has 2 atom stereocenters. The van der Waals surface area contributed by atoms with Gasteiger partial charge in [-0.25, -0.2) is 0 Å². The third-order valence-corrected chi connectivity index (χ3v) is 3.18. The van der Waals surface area contributed by atoms with E-state index >= 15 is 0 Å². The lowest BCUT2D eigenvalue weighted by molar-refractivity contribution is -0.140. The molecule has 1 fully saturated rings. The molecular weight excluding hydrogens is 152 g/mol. The average molecular weight is 166 g/mol. The Labute approximate surface area is 72.6 Å². The standard InChI is InChI=1S/C10H14O2/c1-2-10-6-4-3-5-8(10)12-9(11)7-10/h3,5,8H,2,4,6-7H2,1H3/t8-,10-/m0/s1. The van der Waals surface area contributed by atoms with Crippen molar-refractivity contribution in [3.05, 3.63) is 12.2 Å². The minimum absolute atomic E-state index is 0.0200. The Balaban J connectivity index is 2.27. The second kappa shape index (κ2) is 2.61. The van der Waals surface area contributed by atoms with Crippen LogP contribution in [0.25, 0.3) is 0 Å². The van der Waals surface area contributed by atoms with Crippen molar-refractivity contribution >= 4 is 5.97 Å². The fraction of sp³-hybridized carbons (Fsp3) is 0.700. The molecular formula is C10H14O2. The first-order chi connectivity index (χ1) is 5.77. The first kappa shape index (κ1) is 7.84. The van der Waals surface area contributed by atoms with E-state index in [-0.39, 0.29) is 17.5 Å². The van der Waals surface area contributed by atoms with Crippen molar-refractivity contribution in [3.63, 3.8) is 0 Å². The normalized spacial score (nSPS) is 39.4. The molecule has 12 heavy (non-hydrogen) atoms. The van der Waals surface area contributed by atoms with E-state index in [1.165, 1.54) is 0 Å². The maximum atomic E-state index is 11.1. The summed E-state index contributed by atoms with van der Waals surface area (Å²) in [7, 11) is 0. The summed E-state index contributed by atoms with van der Waals surface area (Å²) in [4.78, 5) is 11.1. The van der Waals surface area contributed by atoms with Crippen LogP contribution in [0.5, 0.6) is 0 Å². The minimum Gasteiger partial charge on any atom is -0.457 e. The molecule has 0 aromatic heterocycles. The zero-order chi connectivity index (χ0) is 8.60. The van der Waals surface area contributed by atoms with E-state index in [0.29, 0.717) is 6.42 Å². The highest BCUT2D eigenvalue weighted by Crippen LogP contribution is 2.45. The van der Waals surface area contributed by atoms with Gasteiger partial charge in [0, 0.05) is 5.41 Å². The number of carbonyl (C=O) groups is 1. The van der Waals surface area contributed by atoms with Crippen molar-refractivity contribution in [2.45, 2.75) is 38.7 Å². The molecule has 0 N–H and O–H groups in total. The molecule has 2 nitrogen and oxygen atoms in total. The maximum absolute atomic E-state index is 11.1. The maximum Gasteiger partial charge on any atom is 0.307 e. The molecule has 0 bridgehead atoms. The van der Waals surface area contributed by atoms with Gasteiger partial charge in [-0.3, -0.25) is 4.79 Å². The SMILES string of the molecule is CC[C@@]12CCC=C[C@@H]1OC(=O)C2. The van der Waals surface area contributed by atoms with Crippen LogP contribution < -0.4 is 0 Å². The van der Waals surface area contributed by atoms with Crippen molar-refractivity contribution in [1.82, 2.24) is 0 Å². The van der Waals surface area contributed by atoms with Crippen LogP contribution in [0.4, 0.5) is 0 Å². The summed E-state index contributed by atoms with van der Waals surface area (Å²) in [5.74, 6) is -0.0200. The van der Waals surface area contributed by atoms with E-state index in [2.05, 4.69) is 19.1 Å². The van der Waals surface area contributed by atoms with E-state index in [1.54, 1.807) is 0 Å². The lowest BCUT2D eigenvalue weighted by Crippen LogP contribution is -2.30. The second-order valence-electron chi connectivity index (χ2n) is 3.77. The fourth-order valence-corrected chi connectivity index (χ4v) is 2.26. The molecule has 0 aromatic carbocycles. The van der Waals surface area contributed by atoms with Crippen LogP contribution in [0.2, 0.25) is 0 Å². The third-order valence-electron chi connectivity index (χ3n) is 3.18. The van der Waals surface area contributed by atoms with Gasteiger partial charge < -0.3 is 4.74 Å². The first-order valence-electron chi connectivity index (χ1n) is 4.63. The Morgan fingerprint density at radius 3 is 3.25 bits per heavy atom. The van der Waals surface area contributed by atoms with Gasteiger partial charge >= 0.3 is 5.97 Å². The molecule has 0 aromatic rings. The third kappa shape index (κ3) is 0.977. The predicted molar refractivity (Wildman–Crippen MR) is 45.6 cm³/mol. The predicted octanol–water partition coefficient (Wildman–Crippen LogP) is 2.05. The van der Waals surface area contributed by atoms with Gasteiger partial charge in [-0.05, 0) is 25.3 Å². The van der Waals surface area contributed by atoms with E-state index in [0.717, 1.165) is 19.3 Å². The van der Waals surface area contributed by atoms with E-state index in [1.807, 2.05) is 0 Å². The molecule has 66 valence electrons. The Morgan fingerprint density at radius 1 is 1.75 bits per heavy atom. The molecule has 0 amide bonds. The van der Waals surface area contributed by atoms with Gasteiger partial charge in [-0.15, -0.1) is 0 Å². The highest BCUT2D eigenvalue weighted by molar-refractivity contribution is 5.73. The van der Waals surface area contributed by atoms with Crippen molar-refractivity contribution < 1.29 is 9.53 Å². The summed E-state index contributed by atoms with van der Waals surface area (Å²) in [6.07, 6.45) is 8.13. The molecule has 0 saturated carbocycles. The molecule has 2 aliphatic rings. The molecule has 0 radical (unpaired) electrons. The molecule has 2 rings (SSSR count). The van der Waals surface area contributed by atoms with Crippen molar-refractivity contribution in [3.8, 4) is 0 Å². The van der Waals surface area contributed by atoms with Crippen LogP contribution in [-0.4, -0.2) is 12.1 Å². The average Bonchev–Trinajstić information content (AvgIpc) is 2.41. The number of rotatable bonds is 1. The van der Waals surface area contributed by atoms with Crippen molar-refractivity contribution in [2.75, 3.05) is 0 Å². The number of hydrogen-bond acceptors (Lipinski definition) is 2. The largest absolute Gasteiger partial charge is 0.457 e. The summed E-state index contributed by atoms with van der Waals surface area (Å²) >= 11 is 0. The van der Waals surface area contributed by atoms with Crippen molar-refractivity contribution in [1.29, 1.82) is 0 Å². The zero-order valence-corrected chi connectivity index (χ0v) is 7.38. The van der Waals surface area contributed by atoms with Gasteiger partial charge in [0.25, 0.3) is 0 Å². The number of allylic oxidation sites excluding steroid dienone is 1. The van der Waals surface area contributed by atoms with Gasteiger partial charge in [0.2, 0.25) is 0 Å². The van der Waals surface area contributed by atoms with Gasteiger partial charge in [0.15, 0.2) is 0 Å². The van der Waals surface area contributed by atoms with E-state index in [4.69, 9.17) is 4.74 Å². The molecule has 1 saturated heterocycles. The highest BCUT2D eigenvalue weighted by Gasteiger charge is 2.46. The number of carbonyl (C=O) groups excluding carboxylic acids is 1. The number of ether oxygens (including phenoxy) is 1. The lowest BCUT2D eigenvalue weighted by atomic mass is 9.72. The van der Waals surface area contributed by atoms with Crippen molar-refractivity contribution in [2.24, 2.45) is 5.41 Å². The number of esters is 1. The van der Waals surface area contributed by atoms with E-state index < -0.39 is 0 Å². The monoisotopic (exact) mass is 166 g/mol. The quantitative estimate of drug-likeness (QED) is 0.440. The molecule has 1 aliphatic carbocycles. The summed E-state index contributed by atoms with van der Waals surface area (Å²) in [6.45, 7) is 2.15. The highest BCUT2D eigenvalue weighted by atomic mass is 16.6. The van der Waals surface area contributed by atoms with Crippen LogP contribution in [-0.2, 0) is 9.53 Å². The first-order valence-corrected chi connectivity index (χ1v) is 4.63. The van der Waals surface area contributed by atoms with Crippen LogP contribution in [0, 0.1) is 5.41 Å². The molecule has 0 spiro atoms. The topological polar surface area (TPSA) is 26.3 Å². The van der Waals surface area contributed by atoms with Crippen LogP contribution in [0.15, 0.2) is 12.2 Å².